The number of carbonyl (C=O) groups is 2. The van der Waals surface area contributed by atoms with Crippen molar-refractivity contribution in [2.75, 3.05) is 38.7 Å². The number of hydrogen-bond acceptors (Lipinski definition) is 8. The number of ether oxygens (including phenoxy) is 1. The number of likely N-dealkylation sites (tertiary alicyclic amines) is 1. The molecule has 6 rings (SSSR count). The Labute approximate surface area is 262 Å². The minimum atomic E-state index is -5.08. The first-order chi connectivity index (χ1) is 22.1. The summed E-state index contributed by atoms with van der Waals surface area (Å²) in [6.07, 6.45) is 5.51. The van der Waals surface area contributed by atoms with Crippen LogP contribution < -0.4 is 10.6 Å². The molecule has 0 spiro atoms. The van der Waals surface area contributed by atoms with E-state index in [0.717, 1.165) is 61.2 Å². The van der Waals surface area contributed by atoms with E-state index in [-0.39, 0.29) is 12.1 Å². The number of rotatable bonds is 6. The summed E-state index contributed by atoms with van der Waals surface area (Å²) < 4.78 is 39.4. The zero-order valence-electron chi connectivity index (χ0n) is 25.0. The van der Waals surface area contributed by atoms with E-state index in [0.29, 0.717) is 24.7 Å². The number of alkyl halides is 3. The molecule has 0 bridgehead atoms. The summed E-state index contributed by atoms with van der Waals surface area (Å²) in [5, 5.41) is 18.3. The molecule has 0 atom stereocenters. The number of piperidine rings is 1. The molecule has 0 radical (unpaired) electrons. The topological polar surface area (TPSA) is 147 Å². The van der Waals surface area contributed by atoms with Crippen LogP contribution in [0.2, 0.25) is 0 Å². The number of carboxylic acids is 1. The van der Waals surface area contributed by atoms with E-state index in [2.05, 4.69) is 37.3 Å². The standard InChI is InChI=1S/C29H32N8O2.C2HF3O2/c1-30-29(38)33-23-6-4-22(5-7-23)27-34-26(21-10-15-39-16-11-21)25-18-32-37(28(25)35-27)24-8-13-36(14-9-24)19-20-3-2-12-31-17-20;3-2(4,5)1(6)7/h2-7,10,12,17-18,24H,8-9,11,13-16,19H2,1H3,(H2,30,33,38);(H,6,7). The average molecular weight is 639 g/mol. The van der Waals surface area contributed by atoms with Gasteiger partial charge < -0.3 is 20.5 Å². The summed E-state index contributed by atoms with van der Waals surface area (Å²) in [4.78, 5) is 37.4. The Kier molecular flexibility index (Phi) is 10.2. The van der Waals surface area contributed by atoms with Crippen LogP contribution in [0.5, 0.6) is 0 Å². The van der Waals surface area contributed by atoms with Gasteiger partial charge >= 0.3 is 18.2 Å². The maximum Gasteiger partial charge on any atom is 0.490 e. The molecular formula is C31H33F3N8O4. The lowest BCUT2D eigenvalue weighted by Gasteiger charge is -2.32. The Hall–Kier alpha value is -4.89. The van der Waals surface area contributed by atoms with E-state index in [1.54, 1.807) is 7.05 Å². The number of urea groups is 1. The lowest BCUT2D eigenvalue weighted by molar-refractivity contribution is -0.192. The van der Waals surface area contributed by atoms with Gasteiger partial charge in [0.15, 0.2) is 11.5 Å². The Morgan fingerprint density at radius 3 is 2.43 bits per heavy atom. The van der Waals surface area contributed by atoms with Crippen LogP contribution in [0.3, 0.4) is 0 Å². The van der Waals surface area contributed by atoms with Gasteiger partial charge in [-0.15, -0.1) is 0 Å². The number of aliphatic carboxylic acids is 1. The molecule has 46 heavy (non-hydrogen) atoms. The Morgan fingerprint density at radius 2 is 1.83 bits per heavy atom. The number of anilines is 1. The highest BCUT2D eigenvalue weighted by atomic mass is 19.4. The number of halogens is 3. The Balaban J connectivity index is 0.000000537. The number of benzene rings is 1. The van der Waals surface area contributed by atoms with Gasteiger partial charge in [0.2, 0.25) is 0 Å². The van der Waals surface area contributed by atoms with Gasteiger partial charge in [0.05, 0.1) is 36.5 Å². The second kappa shape index (κ2) is 14.5. The fourth-order valence-corrected chi connectivity index (χ4v) is 5.28. The van der Waals surface area contributed by atoms with Crippen molar-refractivity contribution in [3.8, 4) is 11.4 Å². The summed E-state index contributed by atoms with van der Waals surface area (Å²) >= 11 is 0. The minimum Gasteiger partial charge on any atom is -0.475 e. The predicted molar refractivity (Wildman–Crippen MR) is 164 cm³/mol. The zero-order valence-corrected chi connectivity index (χ0v) is 25.0. The van der Waals surface area contributed by atoms with Crippen LogP contribution in [-0.4, -0.2) is 86.3 Å². The van der Waals surface area contributed by atoms with Gasteiger partial charge in [-0.3, -0.25) is 9.88 Å². The molecule has 2 aliphatic heterocycles. The lowest BCUT2D eigenvalue weighted by Crippen LogP contribution is -2.34. The number of fused-ring (bicyclic) bond motifs is 1. The fraction of sp³-hybridized carbons (Fsp3) is 0.355. The molecule has 3 N–H and O–H groups in total. The zero-order chi connectivity index (χ0) is 32.7. The summed E-state index contributed by atoms with van der Waals surface area (Å²) in [6.45, 7) is 4.16. The van der Waals surface area contributed by atoms with Crippen molar-refractivity contribution in [2.45, 2.75) is 38.0 Å². The van der Waals surface area contributed by atoms with Crippen molar-refractivity contribution in [1.82, 2.24) is 34.9 Å². The molecule has 12 nitrogen and oxygen atoms in total. The Morgan fingerprint density at radius 1 is 1.09 bits per heavy atom. The van der Waals surface area contributed by atoms with E-state index in [1.165, 1.54) is 11.1 Å². The van der Waals surface area contributed by atoms with E-state index in [9.17, 15) is 18.0 Å². The van der Waals surface area contributed by atoms with Crippen LogP contribution in [0.15, 0.2) is 61.1 Å². The second-order valence-electron chi connectivity index (χ2n) is 10.7. The average Bonchev–Trinajstić information content (AvgIpc) is 3.50. The fourth-order valence-electron chi connectivity index (χ4n) is 5.28. The van der Waals surface area contributed by atoms with Gasteiger partial charge in [0.1, 0.15) is 0 Å². The SMILES string of the molecule is CNC(=O)Nc1ccc(-c2nc(C3=CCOCC3)c3cnn(C4CCN(Cc5cccnc5)CC4)c3n2)cc1.O=C(O)C(F)(F)F. The van der Waals surface area contributed by atoms with Crippen molar-refractivity contribution in [1.29, 1.82) is 0 Å². The number of amides is 2. The van der Waals surface area contributed by atoms with Gasteiger partial charge in [-0.2, -0.15) is 18.3 Å². The van der Waals surface area contributed by atoms with Crippen molar-refractivity contribution < 1.29 is 32.6 Å². The molecule has 1 saturated heterocycles. The molecule has 0 aliphatic carbocycles. The molecule has 2 amide bonds. The first-order valence-corrected chi connectivity index (χ1v) is 14.7. The Bertz CT molecular complexity index is 1690. The number of hydrogen-bond donors (Lipinski definition) is 3. The maximum atomic E-state index is 11.7. The van der Waals surface area contributed by atoms with Gasteiger partial charge in [-0.05, 0) is 60.7 Å². The summed E-state index contributed by atoms with van der Waals surface area (Å²) in [5.74, 6) is -2.11. The van der Waals surface area contributed by atoms with Gasteiger partial charge in [0, 0.05) is 50.3 Å². The molecule has 1 fully saturated rings. The van der Waals surface area contributed by atoms with Crippen molar-refractivity contribution in [3.63, 3.8) is 0 Å². The van der Waals surface area contributed by atoms with Crippen LogP contribution in [0.1, 0.15) is 36.6 Å². The molecular weight excluding hydrogens is 605 g/mol. The molecule has 1 aromatic carbocycles. The van der Waals surface area contributed by atoms with Crippen LogP contribution in [0, 0.1) is 0 Å². The number of aromatic nitrogens is 5. The summed E-state index contributed by atoms with van der Waals surface area (Å²) in [6, 6.07) is 11.7. The van der Waals surface area contributed by atoms with Crippen LogP contribution >= 0.6 is 0 Å². The lowest BCUT2D eigenvalue weighted by atomic mass is 10.0. The summed E-state index contributed by atoms with van der Waals surface area (Å²) in [5.41, 5.74) is 5.77. The number of pyridine rings is 1. The van der Waals surface area contributed by atoms with Gasteiger partial charge in [-0.1, -0.05) is 12.1 Å². The third-order valence-electron chi connectivity index (χ3n) is 7.62. The normalized spacial score (nSPS) is 15.9. The van der Waals surface area contributed by atoms with Crippen LogP contribution in [0.4, 0.5) is 23.7 Å². The smallest absolute Gasteiger partial charge is 0.475 e. The van der Waals surface area contributed by atoms with E-state index in [4.69, 9.17) is 29.7 Å². The molecule has 0 unspecified atom stereocenters. The van der Waals surface area contributed by atoms with E-state index in [1.807, 2.05) is 48.9 Å². The molecule has 15 heteroatoms. The highest BCUT2D eigenvalue weighted by Gasteiger charge is 2.38. The molecule has 5 heterocycles. The minimum absolute atomic E-state index is 0.260. The quantitative estimate of drug-likeness (QED) is 0.268. The first kappa shape index (κ1) is 32.5. The van der Waals surface area contributed by atoms with E-state index < -0.39 is 12.1 Å². The van der Waals surface area contributed by atoms with E-state index >= 15 is 0 Å². The monoisotopic (exact) mass is 638 g/mol. The molecule has 0 saturated carbocycles. The van der Waals surface area contributed by atoms with Crippen LogP contribution in [-0.2, 0) is 16.1 Å². The number of carboxylic acid groups (broad SMARTS) is 1. The number of nitrogens with zero attached hydrogens (tertiary/aromatic N) is 6. The van der Waals surface area contributed by atoms with Gasteiger partial charge in [-0.25, -0.2) is 24.2 Å². The highest BCUT2D eigenvalue weighted by molar-refractivity contribution is 5.90. The number of nitrogens with one attached hydrogen (secondary N) is 2. The molecule has 242 valence electrons. The third kappa shape index (κ3) is 8.03. The second-order valence-corrected chi connectivity index (χ2v) is 10.7. The van der Waals surface area contributed by atoms with Gasteiger partial charge in [0.25, 0.3) is 0 Å². The summed E-state index contributed by atoms with van der Waals surface area (Å²) in [7, 11) is 1.59. The van der Waals surface area contributed by atoms with Crippen molar-refractivity contribution >= 4 is 34.3 Å². The molecule has 2 aliphatic rings. The van der Waals surface area contributed by atoms with Crippen molar-refractivity contribution in [3.05, 3.63) is 72.3 Å². The van der Waals surface area contributed by atoms with Crippen LogP contribution in [0.25, 0.3) is 28.0 Å². The predicted octanol–water partition coefficient (Wildman–Crippen LogP) is 4.91. The molecule has 3 aromatic heterocycles. The number of carbonyl (C=O) groups excluding carboxylic acids is 1. The maximum absolute atomic E-state index is 11.7. The first-order valence-electron chi connectivity index (χ1n) is 14.7. The molecule has 4 aromatic rings. The van der Waals surface area contributed by atoms with Crippen molar-refractivity contribution in [2.24, 2.45) is 0 Å². The third-order valence-corrected chi connectivity index (χ3v) is 7.62. The largest absolute Gasteiger partial charge is 0.490 e. The highest BCUT2D eigenvalue weighted by Crippen LogP contribution is 2.33.